The quantitative estimate of drug-likeness (QED) is 0.320. The summed E-state index contributed by atoms with van der Waals surface area (Å²) in [4.78, 5) is 17.4. The van der Waals surface area contributed by atoms with Crippen LogP contribution in [0, 0.1) is 0 Å². The molecular formula is C6H6N4O2S. The van der Waals surface area contributed by atoms with Crippen molar-refractivity contribution in [2.75, 3.05) is 7.11 Å². The Kier molecular flexibility index (Phi) is 3.24. The third kappa shape index (κ3) is 2.43. The fourth-order valence-electron chi connectivity index (χ4n) is 0.674. The summed E-state index contributed by atoms with van der Waals surface area (Å²) >= 11 is 1.26. The van der Waals surface area contributed by atoms with Crippen LogP contribution in [-0.2, 0) is 11.3 Å². The van der Waals surface area contributed by atoms with E-state index in [-0.39, 0.29) is 12.2 Å². The van der Waals surface area contributed by atoms with Gasteiger partial charge in [0.1, 0.15) is 0 Å². The Bertz CT molecular complexity index is 355. The molecule has 1 rings (SSSR count). The fraction of sp³-hybridized carbons (Fsp3) is 0.333. The Balaban J connectivity index is 2.74. The average molecular weight is 198 g/mol. The van der Waals surface area contributed by atoms with Gasteiger partial charge < -0.3 is 4.74 Å². The van der Waals surface area contributed by atoms with Gasteiger partial charge in [-0.2, -0.15) is 0 Å². The Morgan fingerprint density at radius 1 is 1.92 bits per heavy atom. The molecule has 0 aromatic carbocycles. The number of rotatable bonds is 3. The molecule has 0 aliphatic carbocycles. The molecule has 6 nitrogen and oxygen atoms in total. The van der Waals surface area contributed by atoms with Crippen LogP contribution in [-0.4, -0.2) is 18.1 Å². The largest absolute Gasteiger partial charge is 0.464 e. The van der Waals surface area contributed by atoms with E-state index in [0.717, 1.165) is 0 Å². The lowest BCUT2D eigenvalue weighted by Gasteiger charge is -1.90. The minimum Gasteiger partial charge on any atom is -0.464 e. The van der Waals surface area contributed by atoms with Crippen LogP contribution in [0.15, 0.2) is 10.5 Å². The summed E-state index contributed by atoms with van der Waals surface area (Å²) < 4.78 is 4.46. The second kappa shape index (κ2) is 4.44. The first-order valence-electron chi connectivity index (χ1n) is 3.31. The monoisotopic (exact) mass is 198 g/mol. The molecule has 0 amide bonds. The number of azide groups is 1. The van der Waals surface area contributed by atoms with Gasteiger partial charge >= 0.3 is 5.97 Å². The summed E-state index contributed by atoms with van der Waals surface area (Å²) in [6.07, 6.45) is 0. The van der Waals surface area contributed by atoms with Crippen LogP contribution in [0.25, 0.3) is 10.4 Å². The third-order valence-corrected chi connectivity index (χ3v) is 2.05. The first-order chi connectivity index (χ1) is 6.27. The number of nitrogens with zero attached hydrogens (tertiary/aromatic N) is 4. The van der Waals surface area contributed by atoms with E-state index in [4.69, 9.17) is 5.53 Å². The summed E-state index contributed by atoms with van der Waals surface area (Å²) in [5, 5.41) is 5.48. The van der Waals surface area contributed by atoms with Crippen LogP contribution in [0.2, 0.25) is 0 Å². The standard InChI is InChI=1S/C6H6N4O2S/c1-12-6(11)4-3-13-5(9-4)2-8-10-7/h3H,2H2,1H3. The van der Waals surface area contributed by atoms with Gasteiger partial charge in [-0.3, -0.25) is 0 Å². The molecule has 0 bridgehead atoms. The Morgan fingerprint density at radius 2 is 2.69 bits per heavy atom. The number of esters is 1. The second-order valence-corrected chi connectivity index (χ2v) is 2.95. The van der Waals surface area contributed by atoms with E-state index in [0.29, 0.717) is 5.01 Å². The van der Waals surface area contributed by atoms with E-state index in [1.165, 1.54) is 18.4 Å². The second-order valence-electron chi connectivity index (χ2n) is 2.01. The summed E-state index contributed by atoms with van der Waals surface area (Å²) in [5.41, 5.74) is 8.28. The molecule has 1 aromatic rings. The minimum absolute atomic E-state index is 0.165. The van der Waals surface area contributed by atoms with Crippen LogP contribution >= 0.6 is 11.3 Å². The number of carbonyl (C=O) groups excluding carboxylic acids is 1. The lowest BCUT2D eigenvalue weighted by Crippen LogP contribution is -2.01. The first-order valence-corrected chi connectivity index (χ1v) is 4.19. The molecule has 68 valence electrons. The Morgan fingerprint density at radius 3 is 3.31 bits per heavy atom. The SMILES string of the molecule is COC(=O)c1csc(CN=[N+]=[N-])n1. The summed E-state index contributed by atoms with van der Waals surface area (Å²) in [6.45, 7) is 0.165. The van der Waals surface area contributed by atoms with Crippen molar-refractivity contribution in [3.05, 3.63) is 26.5 Å². The van der Waals surface area contributed by atoms with Gasteiger partial charge in [0.05, 0.1) is 18.7 Å². The molecule has 1 aromatic heterocycles. The zero-order valence-electron chi connectivity index (χ0n) is 6.80. The third-order valence-electron chi connectivity index (χ3n) is 1.22. The number of ether oxygens (including phenoxy) is 1. The molecule has 0 aliphatic rings. The van der Waals surface area contributed by atoms with Crippen molar-refractivity contribution in [1.29, 1.82) is 0 Å². The topological polar surface area (TPSA) is 88.0 Å². The van der Waals surface area contributed by atoms with Crippen molar-refractivity contribution in [3.63, 3.8) is 0 Å². The highest BCUT2D eigenvalue weighted by atomic mass is 32.1. The van der Waals surface area contributed by atoms with E-state index in [9.17, 15) is 4.79 Å². The predicted octanol–water partition coefficient (Wildman–Crippen LogP) is 1.74. The van der Waals surface area contributed by atoms with Crippen molar-refractivity contribution in [3.8, 4) is 0 Å². The molecule has 7 heteroatoms. The molecule has 13 heavy (non-hydrogen) atoms. The molecule has 0 aliphatic heterocycles. The fourth-order valence-corrected chi connectivity index (χ4v) is 1.35. The van der Waals surface area contributed by atoms with Crippen molar-refractivity contribution in [2.24, 2.45) is 5.11 Å². The first kappa shape index (κ1) is 9.50. The van der Waals surface area contributed by atoms with Crippen LogP contribution in [0.3, 0.4) is 0 Å². The molecule has 0 radical (unpaired) electrons. The molecule has 0 unspecified atom stereocenters. The van der Waals surface area contributed by atoms with Crippen LogP contribution in [0.5, 0.6) is 0 Å². The maximum absolute atomic E-state index is 10.9. The number of aromatic nitrogens is 1. The van der Waals surface area contributed by atoms with E-state index in [2.05, 4.69) is 19.7 Å². The zero-order valence-corrected chi connectivity index (χ0v) is 7.61. The maximum atomic E-state index is 10.9. The summed E-state index contributed by atoms with van der Waals surface area (Å²) in [7, 11) is 1.29. The van der Waals surface area contributed by atoms with E-state index < -0.39 is 5.97 Å². The van der Waals surface area contributed by atoms with Gasteiger partial charge in [-0.25, -0.2) is 9.78 Å². The highest BCUT2D eigenvalue weighted by Gasteiger charge is 2.09. The summed E-state index contributed by atoms with van der Waals surface area (Å²) in [5.74, 6) is -0.483. The highest BCUT2D eigenvalue weighted by molar-refractivity contribution is 7.09. The highest BCUT2D eigenvalue weighted by Crippen LogP contribution is 2.11. The van der Waals surface area contributed by atoms with Crippen molar-refractivity contribution in [2.45, 2.75) is 6.54 Å². The van der Waals surface area contributed by atoms with Crippen LogP contribution in [0.1, 0.15) is 15.5 Å². The number of hydrogen-bond donors (Lipinski definition) is 0. The van der Waals surface area contributed by atoms with Crippen molar-refractivity contribution >= 4 is 17.3 Å². The molecule has 0 fully saturated rings. The number of thiazole rings is 1. The van der Waals surface area contributed by atoms with Gasteiger partial charge in [0.15, 0.2) is 5.69 Å². The van der Waals surface area contributed by atoms with Crippen LogP contribution in [0.4, 0.5) is 0 Å². The van der Waals surface area contributed by atoms with Crippen LogP contribution < -0.4 is 0 Å². The van der Waals surface area contributed by atoms with Crippen molar-refractivity contribution < 1.29 is 9.53 Å². The molecule has 0 spiro atoms. The van der Waals surface area contributed by atoms with Gasteiger partial charge in [-0.05, 0) is 5.53 Å². The number of methoxy groups -OCH3 is 1. The van der Waals surface area contributed by atoms with E-state index in [1.807, 2.05) is 0 Å². The number of carbonyl (C=O) groups is 1. The van der Waals surface area contributed by atoms with E-state index >= 15 is 0 Å². The molecule has 1 heterocycles. The van der Waals surface area contributed by atoms with Gasteiger partial charge in [0.25, 0.3) is 0 Å². The van der Waals surface area contributed by atoms with Gasteiger partial charge in [-0.1, -0.05) is 5.11 Å². The maximum Gasteiger partial charge on any atom is 0.357 e. The minimum atomic E-state index is -0.483. The normalized spacial score (nSPS) is 9.00. The molecule has 0 saturated heterocycles. The summed E-state index contributed by atoms with van der Waals surface area (Å²) in [6, 6.07) is 0. The lowest BCUT2D eigenvalue weighted by molar-refractivity contribution is 0.0594. The number of hydrogen-bond acceptors (Lipinski definition) is 5. The Hall–Kier alpha value is -1.59. The molecular weight excluding hydrogens is 192 g/mol. The Labute approximate surface area is 77.8 Å². The smallest absolute Gasteiger partial charge is 0.357 e. The van der Waals surface area contributed by atoms with Gasteiger partial charge in [0, 0.05) is 10.3 Å². The molecule has 0 atom stereocenters. The predicted molar refractivity (Wildman–Crippen MR) is 46.3 cm³/mol. The van der Waals surface area contributed by atoms with Crippen molar-refractivity contribution in [1.82, 2.24) is 4.98 Å². The van der Waals surface area contributed by atoms with Gasteiger partial charge in [0.2, 0.25) is 0 Å². The zero-order chi connectivity index (χ0) is 9.68. The average Bonchev–Trinajstić information content (AvgIpc) is 2.62. The molecule has 0 saturated carbocycles. The molecule has 0 N–H and O–H groups in total. The van der Waals surface area contributed by atoms with Gasteiger partial charge in [-0.15, -0.1) is 11.3 Å². The lowest BCUT2D eigenvalue weighted by atomic mass is 10.5. The van der Waals surface area contributed by atoms with E-state index in [1.54, 1.807) is 5.38 Å².